The van der Waals surface area contributed by atoms with Crippen LogP contribution in [0.15, 0.2) is 72.8 Å². The molecule has 0 amide bonds. The van der Waals surface area contributed by atoms with E-state index in [-0.39, 0.29) is 18.4 Å². The minimum atomic E-state index is -4.42. The zero-order valence-corrected chi connectivity index (χ0v) is 20.7. The van der Waals surface area contributed by atoms with E-state index in [4.69, 9.17) is 0 Å². The van der Waals surface area contributed by atoms with Gasteiger partial charge in [0, 0.05) is 25.6 Å². The topological polar surface area (TPSA) is 49.4 Å². The molecule has 1 saturated heterocycles. The van der Waals surface area contributed by atoms with Gasteiger partial charge in [0.05, 0.1) is 5.56 Å². The van der Waals surface area contributed by atoms with Crippen LogP contribution in [0.2, 0.25) is 0 Å². The fourth-order valence-electron chi connectivity index (χ4n) is 5.62. The zero-order valence-electron chi connectivity index (χ0n) is 19.8. The predicted octanol–water partition coefficient (Wildman–Crippen LogP) is 5.68. The molecule has 8 heteroatoms. The van der Waals surface area contributed by atoms with Crippen LogP contribution in [0.25, 0.3) is 0 Å². The molecule has 190 valence electrons. The average molecular weight is 515 g/mol. The van der Waals surface area contributed by atoms with Gasteiger partial charge in [0.25, 0.3) is 10.2 Å². The second-order valence-corrected chi connectivity index (χ2v) is 11.4. The van der Waals surface area contributed by atoms with Gasteiger partial charge in [-0.15, -0.1) is 0 Å². The Morgan fingerprint density at radius 3 is 2.03 bits per heavy atom. The van der Waals surface area contributed by atoms with Crippen molar-refractivity contribution in [2.24, 2.45) is 5.92 Å². The maximum atomic E-state index is 13.2. The third-order valence-corrected chi connectivity index (χ3v) is 8.94. The highest BCUT2D eigenvalue weighted by atomic mass is 32.2. The average Bonchev–Trinajstić information content (AvgIpc) is 3.04. The summed E-state index contributed by atoms with van der Waals surface area (Å²) in [5.41, 5.74) is 4.93. The first-order chi connectivity index (χ1) is 17.2. The van der Waals surface area contributed by atoms with Gasteiger partial charge in [-0.25, -0.2) is 0 Å². The Hall–Kier alpha value is -2.68. The van der Waals surface area contributed by atoms with Crippen LogP contribution in [0.3, 0.4) is 0 Å². The van der Waals surface area contributed by atoms with Gasteiger partial charge < -0.3 is 0 Å². The van der Waals surface area contributed by atoms with Crippen molar-refractivity contribution in [2.75, 3.05) is 13.1 Å². The molecular weight excluding hydrogens is 485 g/mol. The molecule has 4 nitrogen and oxygen atoms in total. The van der Waals surface area contributed by atoms with E-state index in [1.807, 2.05) is 0 Å². The number of fused-ring (bicyclic) bond motifs is 2. The van der Waals surface area contributed by atoms with E-state index < -0.39 is 21.9 Å². The molecule has 0 radical (unpaired) electrons. The van der Waals surface area contributed by atoms with Crippen LogP contribution < -0.4 is 4.72 Å². The summed E-state index contributed by atoms with van der Waals surface area (Å²) in [5, 5.41) is 0. The lowest BCUT2D eigenvalue weighted by Crippen LogP contribution is -2.47. The van der Waals surface area contributed by atoms with Crippen molar-refractivity contribution in [1.29, 1.82) is 0 Å². The molecule has 36 heavy (non-hydrogen) atoms. The van der Waals surface area contributed by atoms with E-state index in [0.29, 0.717) is 18.7 Å². The Morgan fingerprint density at radius 1 is 0.861 bits per heavy atom. The number of nitrogens with one attached hydrogen (secondary N) is 1. The highest BCUT2D eigenvalue weighted by Gasteiger charge is 2.36. The standard InChI is InChI=1S/C28H29F3N2O2S/c29-28(30,31)24-15-11-20(12-16-24)18-32-36(34,35)33-17-5-8-23(19-33)27-25-9-3-1-6-21(25)13-14-22-7-2-4-10-26(22)27/h1-4,6-7,9-12,15-16,23,27,32H,5,8,13-14,17-19H2. The van der Waals surface area contributed by atoms with Gasteiger partial charge in [-0.05, 0) is 71.6 Å². The summed E-state index contributed by atoms with van der Waals surface area (Å²) in [6, 6.07) is 21.5. The summed E-state index contributed by atoms with van der Waals surface area (Å²) < 4.78 is 69.0. The van der Waals surface area contributed by atoms with E-state index in [0.717, 1.165) is 37.8 Å². The smallest absolute Gasteiger partial charge is 0.198 e. The summed E-state index contributed by atoms with van der Waals surface area (Å²) in [5.74, 6) is 0.245. The van der Waals surface area contributed by atoms with Crippen molar-refractivity contribution >= 4 is 10.2 Å². The highest BCUT2D eigenvalue weighted by molar-refractivity contribution is 7.87. The van der Waals surface area contributed by atoms with Gasteiger partial charge in [-0.3, -0.25) is 0 Å². The van der Waals surface area contributed by atoms with Crippen LogP contribution in [0.5, 0.6) is 0 Å². The summed E-state index contributed by atoms with van der Waals surface area (Å²) in [4.78, 5) is 0. The second kappa shape index (κ2) is 10.00. The van der Waals surface area contributed by atoms with E-state index >= 15 is 0 Å². The highest BCUT2D eigenvalue weighted by Crippen LogP contribution is 2.42. The number of rotatable bonds is 5. The molecule has 1 atom stereocenters. The minimum Gasteiger partial charge on any atom is -0.198 e. The molecule has 0 aromatic heterocycles. The normalized spacial score (nSPS) is 19.4. The molecule has 0 saturated carbocycles. The number of alkyl halides is 3. The van der Waals surface area contributed by atoms with Gasteiger partial charge in [-0.2, -0.15) is 30.6 Å². The third-order valence-electron chi connectivity index (χ3n) is 7.42. The number of aryl methyl sites for hydroxylation is 2. The van der Waals surface area contributed by atoms with Gasteiger partial charge in [0.1, 0.15) is 0 Å². The van der Waals surface area contributed by atoms with E-state index in [2.05, 4.69) is 53.3 Å². The van der Waals surface area contributed by atoms with Crippen LogP contribution in [0.1, 0.15) is 52.1 Å². The molecule has 1 unspecified atom stereocenters. The van der Waals surface area contributed by atoms with Crippen LogP contribution in [0.4, 0.5) is 13.2 Å². The maximum Gasteiger partial charge on any atom is 0.416 e. The van der Waals surface area contributed by atoms with Crippen LogP contribution in [0, 0.1) is 5.92 Å². The second-order valence-electron chi connectivity index (χ2n) is 9.66. The first-order valence-corrected chi connectivity index (χ1v) is 13.7. The molecular formula is C28H29F3N2O2S. The Labute approximate surface area is 210 Å². The first-order valence-electron chi connectivity index (χ1n) is 12.3. The first kappa shape index (κ1) is 25.0. The van der Waals surface area contributed by atoms with Gasteiger partial charge in [-0.1, -0.05) is 60.7 Å². The summed E-state index contributed by atoms with van der Waals surface area (Å²) in [6.07, 6.45) is -0.804. The Balaban J connectivity index is 1.35. The number of hydrogen-bond acceptors (Lipinski definition) is 2. The molecule has 5 rings (SSSR count). The predicted molar refractivity (Wildman–Crippen MR) is 134 cm³/mol. The number of benzene rings is 3. The molecule has 0 bridgehead atoms. The van der Waals surface area contributed by atoms with Crippen molar-refractivity contribution in [3.63, 3.8) is 0 Å². The molecule has 1 aliphatic heterocycles. The third kappa shape index (κ3) is 5.21. The van der Waals surface area contributed by atoms with Crippen molar-refractivity contribution in [3.8, 4) is 0 Å². The van der Waals surface area contributed by atoms with Gasteiger partial charge in [0.2, 0.25) is 0 Å². The number of halogens is 3. The molecule has 1 N–H and O–H groups in total. The Morgan fingerprint density at radius 2 is 1.44 bits per heavy atom. The summed E-state index contributed by atoms with van der Waals surface area (Å²) in [6.45, 7) is 0.765. The van der Waals surface area contributed by atoms with E-state index in [1.165, 1.54) is 38.7 Å². The number of piperidine rings is 1. The molecule has 1 heterocycles. The minimum absolute atomic E-state index is 0.0588. The van der Waals surface area contributed by atoms with Crippen molar-refractivity contribution in [1.82, 2.24) is 9.03 Å². The van der Waals surface area contributed by atoms with Crippen molar-refractivity contribution in [3.05, 3.63) is 106 Å². The monoisotopic (exact) mass is 514 g/mol. The van der Waals surface area contributed by atoms with Gasteiger partial charge in [0.15, 0.2) is 0 Å². The molecule has 1 aliphatic carbocycles. The Bertz CT molecular complexity index is 1280. The molecule has 0 spiro atoms. The largest absolute Gasteiger partial charge is 0.416 e. The maximum absolute atomic E-state index is 13.2. The molecule has 3 aromatic carbocycles. The van der Waals surface area contributed by atoms with E-state index in [9.17, 15) is 21.6 Å². The van der Waals surface area contributed by atoms with Crippen molar-refractivity contribution < 1.29 is 21.6 Å². The van der Waals surface area contributed by atoms with E-state index in [1.54, 1.807) is 0 Å². The fourth-order valence-corrected chi connectivity index (χ4v) is 6.91. The lowest BCUT2D eigenvalue weighted by atomic mass is 9.76. The fraction of sp³-hybridized carbons (Fsp3) is 0.357. The lowest BCUT2D eigenvalue weighted by molar-refractivity contribution is -0.137. The van der Waals surface area contributed by atoms with Crippen LogP contribution in [-0.4, -0.2) is 25.8 Å². The SMILES string of the molecule is O=S(=O)(NCc1ccc(C(F)(F)F)cc1)N1CCCC(C2c3ccccc3CCc3ccccc32)C1. The number of nitrogens with zero attached hydrogens (tertiary/aromatic N) is 1. The Kier molecular flexibility index (Phi) is 6.94. The quantitative estimate of drug-likeness (QED) is 0.476. The van der Waals surface area contributed by atoms with Gasteiger partial charge >= 0.3 is 6.18 Å². The molecule has 2 aliphatic rings. The molecule has 3 aromatic rings. The number of hydrogen-bond donors (Lipinski definition) is 1. The summed E-state index contributed by atoms with van der Waals surface area (Å²) in [7, 11) is -3.79. The molecule has 1 fully saturated rings. The van der Waals surface area contributed by atoms with Crippen molar-refractivity contribution in [2.45, 2.75) is 44.3 Å². The summed E-state index contributed by atoms with van der Waals surface area (Å²) >= 11 is 0. The van der Waals surface area contributed by atoms with Crippen LogP contribution >= 0.6 is 0 Å². The lowest BCUT2D eigenvalue weighted by Gasteiger charge is -2.37. The van der Waals surface area contributed by atoms with Crippen LogP contribution in [-0.2, 0) is 35.8 Å². The zero-order chi connectivity index (χ0) is 25.3.